The maximum atomic E-state index is 14.2. The van der Waals surface area contributed by atoms with Gasteiger partial charge < -0.3 is 14.5 Å². The molecule has 0 spiro atoms. The predicted octanol–water partition coefficient (Wildman–Crippen LogP) is 3.43. The van der Waals surface area contributed by atoms with Crippen molar-refractivity contribution in [3.05, 3.63) is 77.9 Å². The van der Waals surface area contributed by atoms with Crippen LogP contribution in [0.15, 0.2) is 65.3 Å². The minimum Gasteiger partial charge on any atom is -0.494 e. The van der Waals surface area contributed by atoms with E-state index in [2.05, 4.69) is 20.8 Å². The lowest BCUT2D eigenvalue weighted by Gasteiger charge is -2.35. The van der Waals surface area contributed by atoms with Gasteiger partial charge in [0.2, 0.25) is 5.89 Å². The Labute approximate surface area is 208 Å². The van der Waals surface area contributed by atoms with E-state index in [4.69, 9.17) is 9.15 Å². The monoisotopic (exact) mass is 510 g/mol. The zero-order valence-electron chi connectivity index (χ0n) is 19.7. The second-order valence-corrected chi connectivity index (χ2v) is 8.83. The summed E-state index contributed by atoms with van der Waals surface area (Å²) in [5.74, 6) is -1.45. The zero-order valence-corrected chi connectivity index (χ0v) is 19.7. The molecule has 2 aromatic heterocycles. The molecule has 3 atom stereocenters. The molecule has 1 amide bonds. The quantitative estimate of drug-likeness (QED) is 0.434. The number of methoxy groups -OCH3 is 1. The number of para-hydroxylation sites is 1. The standard InChI is InChI=1S/C25H21F3N6O3/c1-33-12-14(11-29-33)19-18(23-31-20-15(36-2)9-6-10-16(20)37-23)24(35)34-22(30-19)17(13-7-4-3-5-8-13)21(32-34)25(26,27)28/h3-12,17,21-22,30,32H,1-2H3. The fourth-order valence-corrected chi connectivity index (χ4v) is 4.94. The Morgan fingerprint density at radius 1 is 1.11 bits per heavy atom. The van der Waals surface area contributed by atoms with Gasteiger partial charge in [-0.2, -0.15) is 18.3 Å². The van der Waals surface area contributed by atoms with Gasteiger partial charge in [-0.3, -0.25) is 9.48 Å². The van der Waals surface area contributed by atoms with Crippen LogP contribution in [0.25, 0.3) is 22.4 Å². The number of rotatable bonds is 4. The lowest BCUT2D eigenvalue weighted by molar-refractivity contribution is -0.161. The SMILES string of the molecule is COc1cccc2oc(C3=C(c4cnn(C)c4)NC4C(c5ccccc5)C(C(F)(F)F)NN4C3=O)nc12. The fourth-order valence-electron chi connectivity index (χ4n) is 4.94. The number of halogens is 3. The third-order valence-electron chi connectivity index (χ3n) is 6.58. The van der Waals surface area contributed by atoms with Crippen molar-refractivity contribution < 1.29 is 27.1 Å². The predicted molar refractivity (Wildman–Crippen MR) is 127 cm³/mol. The number of hydrogen-bond donors (Lipinski definition) is 2. The van der Waals surface area contributed by atoms with Crippen LogP contribution in [0.1, 0.15) is 22.9 Å². The smallest absolute Gasteiger partial charge is 0.406 e. The second kappa shape index (κ2) is 8.37. The molecule has 1 saturated heterocycles. The van der Waals surface area contributed by atoms with Crippen molar-refractivity contribution in [3.8, 4) is 5.75 Å². The molecular weight excluding hydrogens is 489 g/mol. The van der Waals surface area contributed by atoms with E-state index in [1.165, 1.54) is 18.0 Å². The first kappa shape index (κ1) is 23.1. The summed E-state index contributed by atoms with van der Waals surface area (Å²) in [5.41, 5.74) is 4.35. The van der Waals surface area contributed by atoms with E-state index in [1.807, 2.05) is 0 Å². The van der Waals surface area contributed by atoms with Gasteiger partial charge in [0.25, 0.3) is 5.91 Å². The Hall–Kier alpha value is -4.32. The van der Waals surface area contributed by atoms with Gasteiger partial charge in [-0.25, -0.2) is 15.4 Å². The molecule has 12 heteroatoms. The van der Waals surface area contributed by atoms with E-state index < -0.39 is 30.2 Å². The molecule has 4 heterocycles. The number of benzene rings is 2. The minimum absolute atomic E-state index is 0.0235. The maximum absolute atomic E-state index is 14.2. The lowest BCUT2D eigenvalue weighted by atomic mass is 9.88. The number of alkyl halides is 3. The Balaban J connectivity index is 1.54. The molecule has 6 rings (SSSR count). The normalized spacial score (nSPS) is 21.9. The van der Waals surface area contributed by atoms with Crippen LogP contribution in [0, 0.1) is 0 Å². The third-order valence-corrected chi connectivity index (χ3v) is 6.58. The number of hydrazine groups is 1. The van der Waals surface area contributed by atoms with E-state index in [0.717, 1.165) is 5.01 Å². The van der Waals surface area contributed by atoms with Crippen LogP contribution in [-0.4, -0.2) is 51.2 Å². The van der Waals surface area contributed by atoms with Crippen LogP contribution in [0.3, 0.4) is 0 Å². The highest BCUT2D eigenvalue weighted by Crippen LogP contribution is 2.44. The van der Waals surface area contributed by atoms with Crippen LogP contribution in [0.5, 0.6) is 5.75 Å². The molecule has 3 unspecified atom stereocenters. The number of aromatic nitrogens is 3. The third kappa shape index (κ3) is 3.71. The molecule has 2 aliphatic heterocycles. The molecule has 4 aromatic rings. The van der Waals surface area contributed by atoms with Gasteiger partial charge in [0.1, 0.15) is 23.5 Å². The molecule has 190 valence electrons. The topological polar surface area (TPSA) is 97.5 Å². The van der Waals surface area contributed by atoms with E-state index in [-0.39, 0.29) is 17.2 Å². The fraction of sp³-hybridized carbons (Fsp3) is 0.240. The van der Waals surface area contributed by atoms with Crippen molar-refractivity contribution >= 4 is 28.3 Å². The Morgan fingerprint density at radius 2 is 1.89 bits per heavy atom. The number of nitrogens with one attached hydrogen (secondary N) is 2. The van der Waals surface area contributed by atoms with Crippen molar-refractivity contribution in [1.29, 1.82) is 0 Å². The Bertz CT molecular complexity index is 1530. The summed E-state index contributed by atoms with van der Waals surface area (Å²) >= 11 is 0. The van der Waals surface area contributed by atoms with Crippen molar-refractivity contribution in [1.82, 2.24) is 30.5 Å². The van der Waals surface area contributed by atoms with Gasteiger partial charge in [0.05, 0.1) is 24.9 Å². The van der Waals surface area contributed by atoms with Crippen molar-refractivity contribution in [2.75, 3.05) is 7.11 Å². The number of ether oxygens (including phenoxy) is 1. The molecule has 0 bridgehead atoms. The first-order valence-corrected chi connectivity index (χ1v) is 11.4. The number of hydrogen-bond acceptors (Lipinski definition) is 7. The highest BCUT2D eigenvalue weighted by molar-refractivity contribution is 6.26. The number of amides is 1. The zero-order chi connectivity index (χ0) is 25.9. The second-order valence-electron chi connectivity index (χ2n) is 8.83. The molecule has 37 heavy (non-hydrogen) atoms. The number of oxazole rings is 1. The number of aryl methyl sites for hydroxylation is 1. The van der Waals surface area contributed by atoms with Gasteiger partial charge in [0.15, 0.2) is 11.1 Å². The van der Waals surface area contributed by atoms with Gasteiger partial charge in [-0.1, -0.05) is 36.4 Å². The highest BCUT2D eigenvalue weighted by atomic mass is 19.4. The molecular formula is C25H21F3N6O3. The lowest BCUT2D eigenvalue weighted by Crippen LogP contribution is -2.54. The maximum Gasteiger partial charge on any atom is 0.406 e. The highest BCUT2D eigenvalue weighted by Gasteiger charge is 2.58. The van der Waals surface area contributed by atoms with Crippen LogP contribution in [0.4, 0.5) is 13.2 Å². The van der Waals surface area contributed by atoms with E-state index in [9.17, 15) is 18.0 Å². The molecule has 9 nitrogen and oxygen atoms in total. The molecule has 0 radical (unpaired) electrons. The number of nitrogens with zero attached hydrogens (tertiary/aromatic N) is 4. The summed E-state index contributed by atoms with van der Waals surface area (Å²) < 4.78 is 55.5. The minimum atomic E-state index is -4.63. The Kier molecular flexibility index (Phi) is 5.23. The van der Waals surface area contributed by atoms with Gasteiger partial charge >= 0.3 is 6.18 Å². The first-order valence-electron chi connectivity index (χ1n) is 11.4. The van der Waals surface area contributed by atoms with Gasteiger partial charge in [-0.15, -0.1) is 0 Å². The molecule has 2 N–H and O–H groups in total. The average molecular weight is 510 g/mol. The summed E-state index contributed by atoms with van der Waals surface area (Å²) in [6, 6.07) is 11.4. The summed E-state index contributed by atoms with van der Waals surface area (Å²) in [7, 11) is 3.19. The van der Waals surface area contributed by atoms with Gasteiger partial charge in [-0.05, 0) is 17.7 Å². The number of fused-ring (bicyclic) bond motifs is 2. The molecule has 1 fully saturated rings. The average Bonchev–Trinajstić information content (AvgIpc) is 3.60. The Morgan fingerprint density at radius 3 is 2.57 bits per heavy atom. The number of carbonyl (C=O) groups is 1. The van der Waals surface area contributed by atoms with Crippen LogP contribution in [0.2, 0.25) is 0 Å². The van der Waals surface area contributed by atoms with Crippen LogP contribution >= 0.6 is 0 Å². The molecule has 2 aliphatic rings. The molecule has 2 aromatic carbocycles. The summed E-state index contributed by atoms with van der Waals surface area (Å²) in [4.78, 5) is 18.4. The molecule has 0 aliphatic carbocycles. The molecule has 0 saturated carbocycles. The van der Waals surface area contributed by atoms with Crippen molar-refractivity contribution in [2.45, 2.75) is 24.3 Å². The van der Waals surface area contributed by atoms with Crippen molar-refractivity contribution in [2.24, 2.45) is 7.05 Å². The summed E-state index contributed by atoms with van der Waals surface area (Å²) in [6.07, 6.45) is -2.48. The van der Waals surface area contributed by atoms with E-state index >= 15 is 0 Å². The van der Waals surface area contributed by atoms with Crippen LogP contribution in [-0.2, 0) is 11.8 Å². The largest absolute Gasteiger partial charge is 0.494 e. The van der Waals surface area contributed by atoms with E-state index in [0.29, 0.717) is 28.0 Å². The van der Waals surface area contributed by atoms with Crippen LogP contribution < -0.4 is 15.5 Å². The van der Waals surface area contributed by atoms with Crippen molar-refractivity contribution in [3.63, 3.8) is 0 Å². The summed E-state index contributed by atoms with van der Waals surface area (Å²) in [5, 5.41) is 8.35. The van der Waals surface area contributed by atoms with E-state index in [1.54, 1.807) is 61.8 Å². The van der Waals surface area contributed by atoms with Gasteiger partial charge in [0, 0.05) is 18.8 Å². The summed E-state index contributed by atoms with van der Waals surface area (Å²) in [6.45, 7) is 0. The number of carbonyl (C=O) groups excluding carboxylic acids is 1. The first-order chi connectivity index (χ1) is 17.8.